The maximum absolute atomic E-state index is 13.3. The molecule has 0 radical (unpaired) electrons. The number of rotatable bonds is 2. The summed E-state index contributed by atoms with van der Waals surface area (Å²) in [7, 11) is -0.779. The Labute approximate surface area is 215 Å². The van der Waals surface area contributed by atoms with E-state index in [0.29, 0.717) is 5.69 Å². The quantitative estimate of drug-likeness (QED) is 0.416. The number of hydrogen-bond acceptors (Lipinski definition) is 3. The van der Waals surface area contributed by atoms with Gasteiger partial charge in [-0.2, -0.15) is 0 Å². The maximum Gasteiger partial charge on any atom is 0.140 e. The van der Waals surface area contributed by atoms with Crippen LogP contribution < -0.4 is 5.14 Å². The first-order chi connectivity index (χ1) is 15.0. The predicted octanol–water partition coefficient (Wildman–Crippen LogP) is 4.60. The van der Waals surface area contributed by atoms with Crippen LogP contribution in [0.25, 0.3) is 16.6 Å². The van der Waals surface area contributed by atoms with Crippen LogP contribution in [-0.2, 0) is 30.2 Å². The fourth-order valence-corrected chi connectivity index (χ4v) is 4.37. The standard InChI is InChI=1S/C14H13N.C9H10FN2OS.CH4O.U/c1-2-9-15-14(6-1)13-8-7-11-4-3-5-12(11)10-13;1-5-2-6-3-7(10)9(14(11)13)4-8(6)12-5;1-2;/h1-2,6-10H,3-5H2;3-5H,2,11H2,1H3;2H,1H3;/q;-1;;. The zero-order chi connectivity index (χ0) is 22.4. The summed E-state index contributed by atoms with van der Waals surface area (Å²) in [4.78, 5) is 4.40. The topological polar surface area (TPSA) is 90.3 Å². The van der Waals surface area contributed by atoms with Gasteiger partial charge < -0.3 is 10.4 Å². The number of aliphatic hydroxyl groups excluding tert-OH is 1. The molecule has 0 spiro atoms. The summed E-state index contributed by atoms with van der Waals surface area (Å²) in [6, 6.07) is 15.8. The van der Waals surface area contributed by atoms with Gasteiger partial charge in [-0.15, -0.1) is 11.7 Å². The van der Waals surface area contributed by atoms with Crippen LogP contribution >= 0.6 is 0 Å². The third kappa shape index (κ3) is 6.49. The van der Waals surface area contributed by atoms with Gasteiger partial charge in [0.1, 0.15) is 16.8 Å². The summed E-state index contributed by atoms with van der Waals surface area (Å²) in [5, 5.41) is 16.4. The summed E-state index contributed by atoms with van der Waals surface area (Å²) in [5.74, 6) is -0.506. The van der Waals surface area contributed by atoms with Crippen molar-refractivity contribution < 1.29 is 44.8 Å². The summed E-state index contributed by atoms with van der Waals surface area (Å²) >= 11 is 0. The molecule has 3 aromatic rings. The first-order valence-electron chi connectivity index (χ1n) is 10.2. The molecule has 168 valence electrons. The molecule has 8 heteroatoms. The van der Waals surface area contributed by atoms with Gasteiger partial charge in [0.2, 0.25) is 0 Å². The van der Waals surface area contributed by atoms with E-state index in [2.05, 4.69) is 34.6 Å². The van der Waals surface area contributed by atoms with E-state index in [4.69, 9.17) is 10.2 Å². The van der Waals surface area contributed by atoms with Gasteiger partial charge in [-0.3, -0.25) is 4.98 Å². The van der Waals surface area contributed by atoms with Crippen LogP contribution in [0.15, 0.2) is 59.6 Å². The van der Waals surface area contributed by atoms with Gasteiger partial charge >= 0.3 is 0 Å². The van der Waals surface area contributed by atoms with Gasteiger partial charge in [0, 0.05) is 50.0 Å². The Morgan fingerprint density at radius 2 is 1.84 bits per heavy atom. The second kappa shape index (κ2) is 12.6. The van der Waals surface area contributed by atoms with Gasteiger partial charge in [0.25, 0.3) is 0 Å². The van der Waals surface area contributed by atoms with Crippen molar-refractivity contribution in [2.45, 2.75) is 43.5 Å². The van der Waals surface area contributed by atoms with Crippen LogP contribution in [-0.4, -0.2) is 27.5 Å². The molecule has 3 N–H and O–H groups in total. The molecular formula is C24H27FN3O2SU-. The maximum atomic E-state index is 13.3. The Balaban J connectivity index is 0.000000205. The molecule has 5 nitrogen and oxygen atoms in total. The number of pyridine rings is 1. The Kier molecular flexibility index (Phi) is 10.5. The number of fused-ring (bicyclic) bond motifs is 2. The molecule has 0 amide bonds. The third-order valence-electron chi connectivity index (χ3n) is 5.28. The van der Waals surface area contributed by atoms with Gasteiger partial charge in [-0.05, 0) is 61.1 Å². The molecule has 0 saturated carbocycles. The van der Waals surface area contributed by atoms with Gasteiger partial charge in [0.05, 0.1) is 10.6 Å². The Hall–Kier alpha value is -1.56. The molecular weight excluding hydrogens is 651 g/mol. The molecule has 2 aromatic carbocycles. The molecule has 5 rings (SSSR count). The van der Waals surface area contributed by atoms with Gasteiger partial charge in [0.15, 0.2) is 0 Å². The van der Waals surface area contributed by atoms with Crippen LogP contribution in [0, 0.1) is 36.9 Å². The van der Waals surface area contributed by atoms with E-state index < -0.39 is 16.8 Å². The molecule has 1 aliphatic carbocycles. The van der Waals surface area contributed by atoms with Crippen LogP contribution in [0.5, 0.6) is 0 Å². The zero-order valence-electron chi connectivity index (χ0n) is 18.2. The second-order valence-corrected chi connectivity index (χ2v) is 8.48. The minimum Gasteiger partial charge on any atom is -0.681 e. The third-order valence-corrected chi connectivity index (χ3v) is 6.03. The molecule has 0 fully saturated rings. The number of nitrogens with zero attached hydrogens (tertiary/aromatic N) is 2. The van der Waals surface area contributed by atoms with Crippen molar-refractivity contribution in [3.05, 3.63) is 82.6 Å². The van der Waals surface area contributed by atoms with Crippen molar-refractivity contribution in [1.29, 1.82) is 0 Å². The van der Waals surface area contributed by atoms with Gasteiger partial charge in [-0.25, -0.2) is 13.7 Å². The number of aliphatic hydroxyl groups is 1. The number of halogens is 1. The average Bonchev–Trinajstić information content (AvgIpc) is 3.40. The molecule has 1 aliphatic heterocycles. The van der Waals surface area contributed by atoms with E-state index in [0.717, 1.165) is 24.8 Å². The first-order valence-corrected chi connectivity index (χ1v) is 11.4. The van der Waals surface area contributed by atoms with Crippen molar-refractivity contribution >= 4 is 16.7 Å². The molecule has 2 heterocycles. The number of nitrogens with two attached hydrogens (primary N) is 1. The number of aromatic nitrogens is 1. The van der Waals surface area contributed by atoms with E-state index in [1.807, 2.05) is 25.3 Å². The van der Waals surface area contributed by atoms with Crippen molar-refractivity contribution in [2.24, 2.45) is 5.14 Å². The van der Waals surface area contributed by atoms with E-state index >= 15 is 0 Å². The minimum atomic E-state index is -1.78. The summed E-state index contributed by atoms with van der Waals surface area (Å²) in [5.41, 5.74) is 6.94. The molecule has 0 bridgehead atoms. The Morgan fingerprint density at radius 1 is 1.09 bits per heavy atom. The van der Waals surface area contributed by atoms with Crippen molar-refractivity contribution in [2.75, 3.05) is 7.11 Å². The second-order valence-electron chi connectivity index (χ2n) is 7.44. The molecule has 0 saturated heterocycles. The Bertz CT molecular complexity index is 1070. The molecule has 2 atom stereocenters. The van der Waals surface area contributed by atoms with Crippen LogP contribution in [0.3, 0.4) is 0 Å². The van der Waals surface area contributed by atoms with Crippen molar-refractivity contribution in [1.82, 2.24) is 4.98 Å². The van der Waals surface area contributed by atoms with Crippen molar-refractivity contribution in [3.63, 3.8) is 0 Å². The molecule has 1 aromatic heterocycles. The average molecular weight is 679 g/mol. The van der Waals surface area contributed by atoms with Crippen LogP contribution in [0.2, 0.25) is 0 Å². The van der Waals surface area contributed by atoms with E-state index in [1.165, 1.54) is 48.1 Å². The predicted molar refractivity (Wildman–Crippen MR) is 123 cm³/mol. The summed E-state index contributed by atoms with van der Waals surface area (Å²) < 4.78 is 24.3. The SMILES string of the molecule is CC1Cc2cc(F)c(S(N)=O)cc2[N-]1.CO.[U].c1ccc(-c2ccc3c(c2)CCC3)nc1. The van der Waals surface area contributed by atoms with E-state index in [1.54, 1.807) is 0 Å². The van der Waals surface area contributed by atoms with Crippen molar-refractivity contribution in [3.8, 4) is 11.3 Å². The van der Waals surface area contributed by atoms with Gasteiger partial charge in [-0.1, -0.05) is 36.8 Å². The first kappa shape index (κ1) is 26.7. The number of hydrogen-bond donors (Lipinski definition) is 2. The number of aryl methyl sites for hydroxylation is 2. The molecule has 2 aliphatic rings. The van der Waals surface area contributed by atoms with Crippen LogP contribution in [0.4, 0.5) is 10.1 Å². The Morgan fingerprint density at radius 3 is 2.53 bits per heavy atom. The molecule has 32 heavy (non-hydrogen) atoms. The normalized spacial score (nSPS) is 16.1. The van der Waals surface area contributed by atoms with E-state index in [9.17, 15) is 8.60 Å². The monoisotopic (exact) mass is 678 g/mol. The van der Waals surface area contributed by atoms with E-state index in [-0.39, 0.29) is 42.1 Å². The largest absolute Gasteiger partial charge is 0.681 e. The zero-order valence-corrected chi connectivity index (χ0v) is 23.2. The fraction of sp³-hybridized carbons (Fsp3) is 0.292. The smallest absolute Gasteiger partial charge is 0.140 e. The van der Waals surface area contributed by atoms with Crippen LogP contribution in [0.1, 0.15) is 30.0 Å². The summed E-state index contributed by atoms with van der Waals surface area (Å²) in [6.45, 7) is 1.96. The summed E-state index contributed by atoms with van der Waals surface area (Å²) in [6.07, 6.45) is 6.38. The minimum absolute atomic E-state index is 0. The molecule has 2 unspecified atom stereocenters. The number of benzene rings is 2. The fourth-order valence-electron chi connectivity index (χ4n) is 3.89.